The number of carbonyl (C=O) groups excluding carboxylic acids is 1. The second kappa shape index (κ2) is 10.5. The van der Waals surface area contributed by atoms with Crippen LogP contribution in [0.15, 0.2) is 41.8 Å². The van der Waals surface area contributed by atoms with Gasteiger partial charge in [0.25, 0.3) is 0 Å². The molecule has 2 heterocycles. The van der Waals surface area contributed by atoms with Crippen molar-refractivity contribution in [3.05, 3.63) is 41.8 Å². The number of carbonyl (C=O) groups is 1. The Bertz CT molecular complexity index is 948. The Kier molecular flexibility index (Phi) is 7.80. The molecule has 6 heteroatoms. The predicted molar refractivity (Wildman–Crippen MR) is 124 cm³/mol. The number of rotatable bonds is 5. The predicted octanol–water partition coefficient (Wildman–Crippen LogP) is 5.85. The third-order valence-corrected chi connectivity index (χ3v) is 5.74. The Hall–Kier alpha value is -2.47. The van der Waals surface area contributed by atoms with E-state index in [9.17, 15) is 4.79 Å². The van der Waals surface area contributed by atoms with Crippen LogP contribution in [0.1, 0.15) is 53.4 Å². The standard InChI is InChI=1S/C15H14N2OS.C9H17NO/c1-10(2)18-15-14(13-8-5-9-19-13)16-11-6-3-4-7-12(11)17-15;1-7(2)9(11)10-8-5-3-4-6-8/h3-10H,1-2H3;7-8H,3-6H2,1-2H3,(H,10,11). The number of para-hydroxylation sites is 2. The largest absolute Gasteiger partial charge is 0.473 e. The van der Waals surface area contributed by atoms with Gasteiger partial charge in [-0.3, -0.25) is 4.79 Å². The van der Waals surface area contributed by atoms with E-state index in [0.717, 1.165) is 21.6 Å². The topological polar surface area (TPSA) is 64.1 Å². The fourth-order valence-corrected chi connectivity index (χ4v) is 4.01. The Balaban J connectivity index is 0.000000199. The smallest absolute Gasteiger partial charge is 0.242 e. The second-order valence-electron chi connectivity index (χ2n) is 8.15. The monoisotopic (exact) mass is 425 g/mol. The molecule has 1 fully saturated rings. The number of nitrogens with one attached hydrogen (secondary N) is 1. The molecule has 1 aliphatic rings. The number of aromatic nitrogens is 2. The molecule has 1 aliphatic carbocycles. The number of fused-ring (bicyclic) bond motifs is 1. The molecule has 4 rings (SSSR count). The van der Waals surface area contributed by atoms with E-state index < -0.39 is 0 Å². The molecule has 0 atom stereocenters. The SMILES string of the molecule is CC(C)C(=O)NC1CCCC1.CC(C)Oc1nc2ccccc2nc1-c1cccs1. The molecular formula is C24H31N3O2S. The first-order chi connectivity index (χ1) is 14.4. The maximum atomic E-state index is 11.2. The third kappa shape index (κ3) is 6.02. The molecule has 1 saturated carbocycles. The molecular weight excluding hydrogens is 394 g/mol. The average molecular weight is 426 g/mol. The molecule has 1 amide bonds. The van der Waals surface area contributed by atoms with E-state index in [1.165, 1.54) is 25.7 Å². The summed E-state index contributed by atoms with van der Waals surface area (Å²) >= 11 is 1.64. The molecule has 3 aromatic rings. The molecule has 1 aromatic carbocycles. The van der Waals surface area contributed by atoms with Crippen molar-refractivity contribution in [2.75, 3.05) is 0 Å². The average Bonchev–Trinajstić information content (AvgIpc) is 3.41. The van der Waals surface area contributed by atoms with E-state index in [0.29, 0.717) is 11.9 Å². The van der Waals surface area contributed by atoms with Crippen molar-refractivity contribution < 1.29 is 9.53 Å². The fraction of sp³-hybridized carbons (Fsp3) is 0.458. The summed E-state index contributed by atoms with van der Waals surface area (Å²) in [6.45, 7) is 7.86. The molecule has 5 nitrogen and oxygen atoms in total. The highest BCUT2D eigenvalue weighted by Gasteiger charge is 2.18. The zero-order chi connectivity index (χ0) is 21.5. The van der Waals surface area contributed by atoms with Gasteiger partial charge in [-0.1, -0.05) is 44.9 Å². The number of thiophene rings is 1. The van der Waals surface area contributed by atoms with Gasteiger partial charge in [-0.25, -0.2) is 9.97 Å². The van der Waals surface area contributed by atoms with Crippen molar-refractivity contribution >= 4 is 28.3 Å². The van der Waals surface area contributed by atoms with E-state index >= 15 is 0 Å². The summed E-state index contributed by atoms with van der Waals surface area (Å²) in [6, 6.07) is 12.4. The van der Waals surface area contributed by atoms with Crippen LogP contribution >= 0.6 is 11.3 Å². The Morgan fingerprint density at radius 3 is 2.27 bits per heavy atom. The number of nitrogens with zero attached hydrogens (tertiary/aromatic N) is 2. The first kappa shape index (κ1) is 22.2. The molecule has 1 N–H and O–H groups in total. The van der Waals surface area contributed by atoms with Gasteiger partial charge in [-0.2, -0.15) is 0 Å². The summed E-state index contributed by atoms with van der Waals surface area (Å²) in [7, 11) is 0. The van der Waals surface area contributed by atoms with Crippen LogP contribution in [0, 0.1) is 5.92 Å². The van der Waals surface area contributed by atoms with E-state index in [1.807, 2.05) is 69.5 Å². The van der Waals surface area contributed by atoms with Crippen LogP contribution in [0.4, 0.5) is 0 Å². The number of amides is 1. The van der Waals surface area contributed by atoms with Crippen LogP contribution < -0.4 is 10.1 Å². The highest BCUT2D eigenvalue weighted by Crippen LogP contribution is 2.32. The molecule has 30 heavy (non-hydrogen) atoms. The number of hydrogen-bond acceptors (Lipinski definition) is 5. The lowest BCUT2D eigenvalue weighted by molar-refractivity contribution is -0.124. The Morgan fingerprint density at radius 2 is 1.70 bits per heavy atom. The molecule has 0 saturated heterocycles. The molecule has 0 aliphatic heterocycles. The molecule has 0 radical (unpaired) electrons. The second-order valence-corrected chi connectivity index (χ2v) is 9.10. The van der Waals surface area contributed by atoms with E-state index in [1.54, 1.807) is 11.3 Å². The van der Waals surface area contributed by atoms with Crippen LogP contribution in [-0.4, -0.2) is 28.0 Å². The molecule has 160 valence electrons. The number of ether oxygens (including phenoxy) is 1. The van der Waals surface area contributed by atoms with Gasteiger partial charge in [0, 0.05) is 12.0 Å². The number of benzene rings is 1. The molecule has 0 spiro atoms. The highest BCUT2D eigenvalue weighted by atomic mass is 32.1. The Labute approximate surface area is 182 Å². The lowest BCUT2D eigenvalue weighted by Crippen LogP contribution is -2.35. The van der Waals surface area contributed by atoms with Crippen LogP contribution in [0.25, 0.3) is 21.6 Å². The maximum absolute atomic E-state index is 11.2. The summed E-state index contributed by atoms with van der Waals surface area (Å²) < 4.78 is 5.81. The van der Waals surface area contributed by atoms with Gasteiger partial charge in [-0.15, -0.1) is 11.3 Å². The van der Waals surface area contributed by atoms with Crippen molar-refractivity contribution in [3.8, 4) is 16.5 Å². The normalized spacial score (nSPS) is 14.1. The van der Waals surface area contributed by atoms with Crippen molar-refractivity contribution in [2.24, 2.45) is 5.92 Å². The first-order valence-corrected chi connectivity index (χ1v) is 11.6. The molecule has 0 bridgehead atoms. The minimum atomic E-state index is 0.0779. The van der Waals surface area contributed by atoms with Gasteiger partial charge in [0.05, 0.1) is 22.0 Å². The molecule has 0 unspecified atom stereocenters. The highest BCUT2D eigenvalue weighted by molar-refractivity contribution is 7.13. The van der Waals surface area contributed by atoms with Crippen LogP contribution in [0.5, 0.6) is 5.88 Å². The van der Waals surface area contributed by atoms with Crippen LogP contribution in [-0.2, 0) is 4.79 Å². The van der Waals surface area contributed by atoms with Crippen molar-refractivity contribution in [3.63, 3.8) is 0 Å². The maximum Gasteiger partial charge on any atom is 0.242 e. The summed E-state index contributed by atoms with van der Waals surface area (Å²) in [5.41, 5.74) is 2.57. The van der Waals surface area contributed by atoms with Gasteiger partial charge < -0.3 is 10.1 Å². The zero-order valence-electron chi connectivity index (χ0n) is 18.2. The Morgan fingerprint density at radius 1 is 1.03 bits per heavy atom. The van der Waals surface area contributed by atoms with Crippen molar-refractivity contribution in [1.29, 1.82) is 0 Å². The summed E-state index contributed by atoms with van der Waals surface area (Å²) in [5.74, 6) is 0.948. The summed E-state index contributed by atoms with van der Waals surface area (Å²) in [4.78, 5) is 21.6. The first-order valence-electron chi connectivity index (χ1n) is 10.7. The fourth-order valence-electron chi connectivity index (χ4n) is 3.30. The van der Waals surface area contributed by atoms with E-state index in [4.69, 9.17) is 9.72 Å². The lowest BCUT2D eigenvalue weighted by Gasteiger charge is -2.13. The van der Waals surface area contributed by atoms with Crippen molar-refractivity contribution in [2.45, 2.75) is 65.5 Å². The van der Waals surface area contributed by atoms with Gasteiger partial charge in [0.1, 0.15) is 5.69 Å². The van der Waals surface area contributed by atoms with Crippen LogP contribution in [0.2, 0.25) is 0 Å². The summed E-state index contributed by atoms with van der Waals surface area (Å²) in [6.07, 6.45) is 5.00. The molecule has 2 aromatic heterocycles. The van der Waals surface area contributed by atoms with Gasteiger partial charge in [-0.05, 0) is 50.3 Å². The minimum absolute atomic E-state index is 0.0779. The lowest BCUT2D eigenvalue weighted by atomic mass is 10.2. The van der Waals surface area contributed by atoms with E-state index in [-0.39, 0.29) is 17.9 Å². The zero-order valence-corrected chi connectivity index (χ0v) is 19.0. The van der Waals surface area contributed by atoms with Crippen LogP contribution in [0.3, 0.4) is 0 Å². The van der Waals surface area contributed by atoms with Crippen molar-refractivity contribution in [1.82, 2.24) is 15.3 Å². The van der Waals surface area contributed by atoms with Gasteiger partial charge >= 0.3 is 0 Å². The van der Waals surface area contributed by atoms with Gasteiger partial charge in [0.15, 0.2) is 0 Å². The van der Waals surface area contributed by atoms with E-state index in [2.05, 4.69) is 10.3 Å². The summed E-state index contributed by atoms with van der Waals surface area (Å²) in [5, 5.41) is 5.07. The number of hydrogen-bond donors (Lipinski definition) is 1. The third-order valence-electron chi connectivity index (χ3n) is 4.87. The minimum Gasteiger partial charge on any atom is -0.473 e. The van der Waals surface area contributed by atoms with Gasteiger partial charge in [0.2, 0.25) is 11.8 Å². The quantitative estimate of drug-likeness (QED) is 0.557.